The van der Waals surface area contributed by atoms with Crippen LogP contribution in [0.1, 0.15) is 36.8 Å². The average molecular weight is 482 g/mol. The summed E-state index contributed by atoms with van der Waals surface area (Å²) in [5, 5.41) is 8.24. The van der Waals surface area contributed by atoms with Gasteiger partial charge in [-0.25, -0.2) is 4.79 Å². The molecule has 0 spiro atoms. The summed E-state index contributed by atoms with van der Waals surface area (Å²) < 4.78 is 0. The van der Waals surface area contributed by atoms with Gasteiger partial charge in [-0.05, 0) is 54.6 Å². The third-order valence-electron chi connectivity index (χ3n) is 7.65. The van der Waals surface area contributed by atoms with Crippen molar-refractivity contribution in [3.8, 4) is 0 Å². The zero-order chi connectivity index (χ0) is 24.9. The smallest absolute Gasteiger partial charge is 0.312 e. The second-order valence-corrected chi connectivity index (χ2v) is 9.85. The topological polar surface area (TPSA) is 134 Å². The van der Waals surface area contributed by atoms with E-state index in [4.69, 9.17) is 5.73 Å². The number of likely N-dealkylation sites (tertiary alicyclic amines) is 1. The van der Waals surface area contributed by atoms with Gasteiger partial charge in [-0.2, -0.15) is 0 Å². The summed E-state index contributed by atoms with van der Waals surface area (Å²) in [6.07, 6.45) is 5.99. The number of benzene rings is 1. The molecule has 1 aromatic rings. The molecule has 4 atom stereocenters. The number of nitrogens with one attached hydrogen (secondary N) is 3. The van der Waals surface area contributed by atoms with Gasteiger partial charge in [0.1, 0.15) is 12.1 Å². The van der Waals surface area contributed by atoms with Crippen LogP contribution in [-0.2, 0) is 27.2 Å². The van der Waals surface area contributed by atoms with E-state index in [1.807, 2.05) is 24.3 Å². The number of amides is 5. The van der Waals surface area contributed by atoms with Crippen molar-refractivity contribution in [2.75, 3.05) is 19.6 Å². The fourth-order valence-corrected chi connectivity index (χ4v) is 6.09. The predicted octanol–water partition coefficient (Wildman–Crippen LogP) is 0.874. The lowest BCUT2D eigenvalue weighted by Crippen LogP contribution is -2.58. The van der Waals surface area contributed by atoms with Gasteiger partial charge in [0.15, 0.2) is 0 Å². The maximum atomic E-state index is 13.9. The minimum Gasteiger partial charge on any atom is -0.354 e. The van der Waals surface area contributed by atoms with Crippen LogP contribution < -0.4 is 21.7 Å². The van der Waals surface area contributed by atoms with Crippen molar-refractivity contribution < 1.29 is 19.2 Å². The molecule has 0 aromatic heterocycles. The van der Waals surface area contributed by atoms with Crippen LogP contribution in [0, 0.1) is 17.8 Å². The Hall–Kier alpha value is -3.36. The van der Waals surface area contributed by atoms with Crippen LogP contribution in [0.25, 0.3) is 0 Å². The van der Waals surface area contributed by atoms with Gasteiger partial charge in [-0.3, -0.25) is 14.4 Å². The van der Waals surface area contributed by atoms with Crippen LogP contribution in [0.3, 0.4) is 0 Å². The largest absolute Gasteiger partial charge is 0.354 e. The number of rotatable bonds is 9. The van der Waals surface area contributed by atoms with Crippen LogP contribution >= 0.6 is 0 Å². The molecule has 9 nitrogen and oxygen atoms in total. The standard InChI is InChI=1S/C26H35N5O4/c1-2-11-28-21(32)10-12-29-24(33)23-20-9-5-8-18(20)15-31(23)25(34)22(30-26(27)35)19-13-16-6-3-4-7-17(16)14-19/h2-4,6-7,18-20,22-23H,1,5,8-15H2,(H,28,32)(H,29,33)(H3,27,30,35)/t18-,20-,22-,23-/m0/s1. The van der Waals surface area contributed by atoms with E-state index in [0.717, 1.165) is 19.3 Å². The lowest BCUT2D eigenvalue weighted by atomic mass is 9.92. The molecule has 0 bridgehead atoms. The number of primary amides is 1. The van der Waals surface area contributed by atoms with E-state index in [0.29, 0.717) is 25.9 Å². The highest BCUT2D eigenvalue weighted by atomic mass is 16.2. The Morgan fingerprint density at radius 1 is 1.11 bits per heavy atom. The van der Waals surface area contributed by atoms with E-state index in [1.54, 1.807) is 11.0 Å². The fourth-order valence-electron chi connectivity index (χ4n) is 6.09. The second-order valence-electron chi connectivity index (χ2n) is 9.85. The summed E-state index contributed by atoms with van der Waals surface area (Å²) in [5.41, 5.74) is 7.81. The Kier molecular flexibility index (Phi) is 7.73. The molecule has 5 amide bonds. The summed E-state index contributed by atoms with van der Waals surface area (Å²) in [4.78, 5) is 52.5. The van der Waals surface area contributed by atoms with E-state index in [1.165, 1.54) is 11.1 Å². The normalized spacial score (nSPS) is 23.8. The maximum Gasteiger partial charge on any atom is 0.312 e. The number of hydrogen-bond acceptors (Lipinski definition) is 4. The van der Waals surface area contributed by atoms with Gasteiger partial charge >= 0.3 is 6.03 Å². The molecule has 4 rings (SSSR count). The Morgan fingerprint density at radius 3 is 2.49 bits per heavy atom. The number of nitrogens with two attached hydrogens (primary N) is 1. The zero-order valence-electron chi connectivity index (χ0n) is 20.0. The summed E-state index contributed by atoms with van der Waals surface area (Å²) in [6, 6.07) is 5.89. The molecule has 1 saturated carbocycles. The monoisotopic (exact) mass is 481 g/mol. The van der Waals surface area contributed by atoms with Crippen LogP contribution in [0.4, 0.5) is 4.79 Å². The fraction of sp³-hybridized carbons (Fsp3) is 0.538. The molecule has 2 fully saturated rings. The van der Waals surface area contributed by atoms with Gasteiger partial charge < -0.3 is 26.6 Å². The van der Waals surface area contributed by atoms with E-state index >= 15 is 0 Å². The minimum absolute atomic E-state index is 0.0866. The van der Waals surface area contributed by atoms with Crippen LogP contribution in [0.2, 0.25) is 0 Å². The maximum absolute atomic E-state index is 13.9. The van der Waals surface area contributed by atoms with Crippen molar-refractivity contribution in [3.63, 3.8) is 0 Å². The summed E-state index contributed by atoms with van der Waals surface area (Å²) in [7, 11) is 0. The number of carbonyl (C=O) groups is 4. The molecule has 3 aliphatic rings. The van der Waals surface area contributed by atoms with Gasteiger partial charge in [0.2, 0.25) is 17.7 Å². The van der Waals surface area contributed by atoms with Crippen molar-refractivity contribution in [2.24, 2.45) is 23.5 Å². The van der Waals surface area contributed by atoms with Crippen LogP contribution in [0.5, 0.6) is 0 Å². The molecular weight excluding hydrogens is 446 g/mol. The molecule has 0 unspecified atom stereocenters. The van der Waals surface area contributed by atoms with E-state index < -0.39 is 18.1 Å². The number of carbonyl (C=O) groups excluding carboxylic acids is 4. The SMILES string of the molecule is C=CCNC(=O)CCNC(=O)[C@@H]1[C@H]2CCC[C@H]2CN1C(=O)[C@@H](NC(N)=O)C1Cc2ccccc2C1. The molecular formula is C26H35N5O4. The van der Waals surface area contributed by atoms with Crippen LogP contribution in [0.15, 0.2) is 36.9 Å². The van der Waals surface area contributed by atoms with Crippen molar-refractivity contribution in [2.45, 2.75) is 50.6 Å². The first-order chi connectivity index (χ1) is 16.9. The highest BCUT2D eigenvalue weighted by molar-refractivity contribution is 5.93. The second kappa shape index (κ2) is 10.9. The third-order valence-corrected chi connectivity index (χ3v) is 7.65. The Labute approximate surface area is 205 Å². The molecule has 1 heterocycles. The predicted molar refractivity (Wildman–Crippen MR) is 131 cm³/mol. The Bertz CT molecular complexity index is 971. The van der Waals surface area contributed by atoms with Gasteiger partial charge in [0.05, 0.1) is 0 Å². The zero-order valence-corrected chi connectivity index (χ0v) is 20.0. The number of nitrogens with zero attached hydrogens (tertiary/aromatic N) is 1. The van der Waals surface area contributed by atoms with Gasteiger partial charge in [-0.15, -0.1) is 6.58 Å². The average Bonchev–Trinajstić information content (AvgIpc) is 3.54. The molecule has 1 aromatic carbocycles. The first kappa shape index (κ1) is 24.8. The van der Waals surface area contributed by atoms with Gasteiger partial charge in [0.25, 0.3) is 0 Å². The lowest BCUT2D eigenvalue weighted by molar-refractivity contribution is -0.141. The minimum atomic E-state index is -0.793. The highest BCUT2D eigenvalue weighted by Gasteiger charge is 2.51. The molecule has 5 N–H and O–H groups in total. The third kappa shape index (κ3) is 5.49. The number of fused-ring (bicyclic) bond motifs is 2. The van der Waals surface area contributed by atoms with Crippen molar-refractivity contribution >= 4 is 23.8 Å². The first-order valence-electron chi connectivity index (χ1n) is 12.5. The highest BCUT2D eigenvalue weighted by Crippen LogP contribution is 2.43. The first-order valence-corrected chi connectivity index (χ1v) is 12.5. The van der Waals surface area contributed by atoms with Gasteiger partial charge in [0, 0.05) is 26.1 Å². The molecule has 35 heavy (non-hydrogen) atoms. The number of urea groups is 1. The summed E-state index contributed by atoms with van der Waals surface area (Å²) in [6.45, 7) is 4.63. The Balaban J connectivity index is 1.47. The summed E-state index contributed by atoms with van der Waals surface area (Å²) >= 11 is 0. The van der Waals surface area contributed by atoms with E-state index in [-0.39, 0.29) is 48.4 Å². The van der Waals surface area contributed by atoms with Crippen molar-refractivity contribution in [3.05, 3.63) is 48.0 Å². The quantitative estimate of drug-likeness (QED) is 0.390. The van der Waals surface area contributed by atoms with Crippen molar-refractivity contribution in [1.82, 2.24) is 20.9 Å². The number of hydrogen-bond donors (Lipinski definition) is 4. The molecule has 1 aliphatic heterocycles. The molecule has 1 saturated heterocycles. The van der Waals surface area contributed by atoms with Crippen molar-refractivity contribution in [1.29, 1.82) is 0 Å². The van der Waals surface area contributed by atoms with E-state index in [9.17, 15) is 19.2 Å². The molecule has 0 radical (unpaired) electrons. The van der Waals surface area contributed by atoms with Gasteiger partial charge in [-0.1, -0.05) is 36.8 Å². The molecule has 9 heteroatoms. The lowest BCUT2D eigenvalue weighted by Gasteiger charge is -2.32. The molecule has 188 valence electrons. The van der Waals surface area contributed by atoms with E-state index in [2.05, 4.69) is 22.5 Å². The summed E-state index contributed by atoms with van der Waals surface area (Å²) in [5.74, 6) is -0.430. The Morgan fingerprint density at radius 2 is 1.83 bits per heavy atom. The van der Waals surface area contributed by atoms with Crippen LogP contribution in [-0.4, -0.2) is 60.4 Å². The molecule has 2 aliphatic carbocycles.